The van der Waals surface area contributed by atoms with Gasteiger partial charge in [0.2, 0.25) is 11.9 Å². The lowest BCUT2D eigenvalue weighted by molar-refractivity contribution is -0.133. The molecular formula is C37H57N7O8. The summed E-state index contributed by atoms with van der Waals surface area (Å²) in [5, 5.41) is 0. The molecule has 3 rings (SSSR count). The van der Waals surface area contributed by atoms with Crippen molar-refractivity contribution in [1.82, 2.24) is 24.5 Å². The molecule has 52 heavy (non-hydrogen) atoms. The van der Waals surface area contributed by atoms with E-state index in [1.54, 1.807) is 58.3 Å². The molecule has 288 valence electrons. The Bertz CT molecular complexity index is 1380. The minimum absolute atomic E-state index is 0.0208. The minimum Gasteiger partial charge on any atom is -0.445 e. The number of carbonyl (C=O) groups is 4. The lowest BCUT2D eigenvalue weighted by atomic mass is 10.2. The van der Waals surface area contributed by atoms with Gasteiger partial charge in [0.05, 0.1) is 26.2 Å². The summed E-state index contributed by atoms with van der Waals surface area (Å²) in [4.78, 5) is 68.1. The highest BCUT2D eigenvalue weighted by atomic mass is 16.6. The Morgan fingerprint density at radius 2 is 1.37 bits per heavy atom. The van der Waals surface area contributed by atoms with Crippen LogP contribution in [0.5, 0.6) is 0 Å². The van der Waals surface area contributed by atoms with Crippen LogP contribution in [0.25, 0.3) is 0 Å². The zero-order valence-corrected chi connectivity index (χ0v) is 32.0. The molecule has 2 aliphatic heterocycles. The lowest BCUT2D eigenvalue weighted by Gasteiger charge is -2.35. The van der Waals surface area contributed by atoms with Gasteiger partial charge in [-0.1, -0.05) is 30.3 Å². The van der Waals surface area contributed by atoms with Crippen LogP contribution in [0, 0.1) is 0 Å². The van der Waals surface area contributed by atoms with Crippen molar-refractivity contribution in [3.63, 3.8) is 0 Å². The Morgan fingerprint density at radius 1 is 0.808 bits per heavy atom. The van der Waals surface area contributed by atoms with Gasteiger partial charge in [-0.25, -0.2) is 29.3 Å². The number of carbonyl (C=O) groups excluding carboxylic acids is 4. The zero-order valence-electron chi connectivity index (χ0n) is 32.0. The third-order valence-corrected chi connectivity index (χ3v) is 7.94. The van der Waals surface area contributed by atoms with E-state index in [0.717, 1.165) is 30.1 Å². The van der Waals surface area contributed by atoms with Gasteiger partial charge in [0.15, 0.2) is 0 Å². The molecule has 0 saturated carbocycles. The number of guanidine groups is 1. The summed E-state index contributed by atoms with van der Waals surface area (Å²) < 4.78 is 22.1. The van der Waals surface area contributed by atoms with Gasteiger partial charge in [-0.05, 0) is 66.3 Å². The van der Waals surface area contributed by atoms with Crippen LogP contribution in [-0.2, 0) is 30.3 Å². The van der Waals surface area contributed by atoms with E-state index in [9.17, 15) is 19.2 Å². The monoisotopic (exact) mass is 727 g/mol. The van der Waals surface area contributed by atoms with Crippen LogP contribution in [-0.4, -0.2) is 151 Å². The number of imide groups is 1. The molecule has 0 spiro atoms. The smallest absolute Gasteiger partial charge is 0.420 e. The van der Waals surface area contributed by atoms with E-state index in [4.69, 9.17) is 18.9 Å². The molecule has 0 aromatic heterocycles. The Hall–Kier alpha value is -4.50. The van der Waals surface area contributed by atoms with E-state index in [1.807, 2.05) is 35.2 Å². The van der Waals surface area contributed by atoms with Gasteiger partial charge in [-0.15, -0.1) is 0 Å². The van der Waals surface area contributed by atoms with Crippen molar-refractivity contribution < 1.29 is 38.1 Å². The standard InChI is InChI=1S/C37H57N7O8/c1-29(27-44(34(47)51-36(2,3)4)35(48)52-37(5,6)7)26-39-32(38-8)42-21-19-41(20-22-42)31(45)14-24-49-25-23-40-15-17-43(18-16-40)33(46)50-28-30-12-10-9-11-13-30/h9-13,26H,8,14-25,27-28H2,1-7H3/b29-26+,39-32+. The minimum atomic E-state index is -0.819. The van der Waals surface area contributed by atoms with Gasteiger partial charge in [0, 0.05) is 65.1 Å². The molecule has 0 N–H and O–H groups in total. The molecule has 0 bridgehead atoms. The number of ether oxygens (including phenoxy) is 4. The number of nitrogens with zero attached hydrogens (tertiary/aromatic N) is 7. The Balaban J connectivity index is 1.36. The van der Waals surface area contributed by atoms with Crippen LogP contribution in [0.1, 0.15) is 60.5 Å². The van der Waals surface area contributed by atoms with Crippen LogP contribution in [0.15, 0.2) is 52.1 Å². The van der Waals surface area contributed by atoms with Gasteiger partial charge < -0.3 is 33.6 Å². The quantitative estimate of drug-likeness (QED) is 0.137. The highest BCUT2D eigenvalue weighted by molar-refractivity contribution is 5.88. The second kappa shape index (κ2) is 19.9. The van der Waals surface area contributed by atoms with Gasteiger partial charge >= 0.3 is 18.3 Å². The maximum absolute atomic E-state index is 12.9. The number of amides is 4. The third-order valence-electron chi connectivity index (χ3n) is 7.94. The SMILES string of the molecule is C=N/C(=N\C=C(/C)CN(C(=O)OC(C)(C)C)C(=O)OC(C)(C)C)N1CCN(C(=O)CCOCCN2CCN(C(=O)OCc3ccccc3)CC2)CC1. The number of rotatable bonds is 11. The second-order valence-electron chi connectivity index (χ2n) is 14.7. The fourth-order valence-corrected chi connectivity index (χ4v) is 5.25. The number of hydrogen-bond donors (Lipinski definition) is 0. The van der Waals surface area contributed by atoms with Crippen molar-refractivity contribution in [2.75, 3.05) is 78.7 Å². The van der Waals surface area contributed by atoms with E-state index in [1.165, 1.54) is 6.20 Å². The zero-order chi connectivity index (χ0) is 38.3. The van der Waals surface area contributed by atoms with Gasteiger partial charge in [-0.3, -0.25) is 9.69 Å². The molecular weight excluding hydrogens is 670 g/mol. The molecule has 0 unspecified atom stereocenters. The van der Waals surface area contributed by atoms with Crippen molar-refractivity contribution in [3.8, 4) is 0 Å². The summed E-state index contributed by atoms with van der Waals surface area (Å²) in [5.74, 6) is 0.397. The first-order valence-electron chi connectivity index (χ1n) is 17.8. The summed E-state index contributed by atoms with van der Waals surface area (Å²) in [6.45, 7) is 22.2. The second-order valence-corrected chi connectivity index (χ2v) is 14.7. The largest absolute Gasteiger partial charge is 0.445 e. The van der Waals surface area contributed by atoms with E-state index in [0.29, 0.717) is 64.0 Å². The predicted octanol–water partition coefficient (Wildman–Crippen LogP) is 4.62. The molecule has 0 atom stereocenters. The number of aliphatic imine (C=N–C) groups is 2. The molecule has 2 saturated heterocycles. The lowest BCUT2D eigenvalue weighted by Crippen LogP contribution is -2.50. The number of hydrogen-bond acceptors (Lipinski definition) is 10. The van der Waals surface area contributed by atoms with Crippen molar-refractivity contribution in [2.45, 2.75) is 72.7 Å². The van der Waals surface area contributed by atoms with E-state index in [-0.39, 0.29) is 31.6 Å². The molecule has 0 radical (unpaired) electrons. The maximum atomic E-state index is 12.9. The molecule has 2 fully saturated rings. The number of benzene rings is 1. The van der Waals surface area contributed by atoms with Crippen LogP contribution in [0.3, 0.4) is 0 Å². The van der Waals surface area contributed by atoms with Gasteiger partial charge in [-0.2, -0.15) is 0 Å². The maximum Gasteiger partial charge on any atom is 0.420 e. The Labute approximate surface area is 308 Å². The Morgan fingerprint density at radius 3 is 1.92 bits per heavy atom. The van der Waals surface area contributed by atoms with Crippen molar-refractivity contribution in [1.29, 1.82) is 0 Å². The third kappa shape index (κ3) is 15.0. The van der Waals surface area contributed by atoms with Crippen LogP contribution >= 0.6 is 0 Å². The van der Waals surface area contributed by atoms with Crippen LogP contribution in [0.2, 0.25) is 0 Å². The first kappa shape index (κ1) is 41.9. The van der Waals surface area contributed by atoms with Crippen molar-refractivity contribution in [3.05, 3.63) is 47.7 Å². The molecule has 1 aromatic rings. The van der Waals surface area contributed by atoms with Gasteiger partial charge in [0.1, 0.15) is 17.8 Å². The van der Waals surface area contributed by atoms with E-state index in [2.05, 4.69) is 21.6 Å². The normalized spacial score (nSPS) is 16.3. The summed E-state index contributed by atoms with van der Waals surface area (Å²) in [5.41, 5.74) is -0.0513. The average Bonchev–Trinajstić information content (AvgIpc) is 3.09. The fraction of sp³-hybridized carbons (Fsp3) is 0.622. The first-order valence-corrected chi connectivity index (χ1v) is 17.8. The predicted molar refractivity (Wildman–Crippen MR) is 198 cm³/mol. The summed E-state index contributed by atoms with van der Waals surface area (Å²) >= 11 is 0. The van der Waals surface area contributed by atoms with Gasteiger partial charge in [0.25, 0.3) is 0 Å². The summed E-state index contributed by atoms with van der Waals surface area (Å²) in [7, 11) is 0. The summed E-state index contributed by atoms with van der Waals surface area (Å²) in [6.07, 6.45) is -0.117. The molecule has 2 heterocycles. The highest BCUT2D eigenvalue weighted by Crippen LogP contribution is 2.16. The summed E-state index contributed by atoms with van der Waals surface area (Å²) in [6, 6.07) is 9.62. The van der Waals surface area contributed by atoms with Crippen molar-refractivity contribution in [2.24, 2.45) is 9.98 Å². The molecule has 2 aliphatic rings. The molecule has 4 amide bonds. The first-order chi connectivity index (χ1) is 24.5. The average molecular weight is 728 g/mol. The molecule has 15 nitrogen and oxygen atoms in total. The van der Waals surface area contributed by atoms with E-state index < -0.39 is 23.4 Å². The van der Waals surface area contributed by atoms with Crippen LogP contribution in [0.4, 0.5) is 14.4 Å². The van der Waals surface area contributed by atoms with Crippen molar-refractivity contribution >= 4 is 36.9 Å². The highest BCUT2D eigenvalue weighted by Gasteiger charge is 2.31. The molecule has 15 heteroatoms. The Kier molecular flexibility index (Phi) is 16.1. The molecule has 1 aromatic carbocycles. The van der Waals surface area contributed by atoms with E-state index >= 15 is 0 Å². The topological polar surface area (TPSA) is 146 Å². The van der Waals surface area contributed by atoms with Crippen LogP contribution < -0.4 is 0 Å². The fourth-order valence-electron chi connectivity index (χ4n) is 5.25. The number of piperazine rings is 2. The molecule has 0 aliphatic carbocycles.